The van der Waals surface area contributed by atoms with Crippen molar-refractivity contribution in [3.8, 4) is 0 Å². The molecule has 0 rings (SSSR count). The van der Waals surface area contributed by atoms with Gasteiger partial charge >= 0.3 is 13.8 Å². The van der Waals surface area contributed by atoms with Crippen molar-refractivity contribution in [2.45, 2.75) is 0 Å². The van der Waals surface area contributed by atoms with Gasteiger partial charge < -0.3 is 14.7 Å². The van der Waals surface area contributed by atoms with Crippen LogP contribution in [0.4, 0.5) is 0 Å². The van der Waals surface area contributed by atoms with Gasteiger partial charge in [-0.15, -0.1) is 0 Å². The molecule has 7 nitrogen and oxygen atoms in total. The molecule has 0 aliphatic carbocycles. The summed E-state index contributed by atoms with van der Waals surface area (Å²) in [5.41, 5.74) is 0. The Morgan fingerprint density at radius 2 is 1.91 bits per heavy atom. The van der Waals surface area contributed by atoms with Crippen molar-refractivity contribution in [1.29, 1.82) is 0 Å². The van der Waals surface area contributed by atoms with Crippen LogP contribution in [0.5, 0.6) is 0 Å². The van der Waals surface area contributed by atoms with Crippen LogP contribution in [-0.2, 0) is 13.9 Å². The lowest BCUT2D eigenvalue weighted by Crippen LogP contribution is -2.03. The van der Waals surface area contributed by atoms with Gasteiger partial charge in [0.2, 0.25) is 5.76 Å². The standard InChI is InChI=1S/C3H5O7P/c4-1-2(3(5)6)10-11(7,8)9/h1,4H,(H,5,6)(H2,7,8,9)/b2-1-. The smallest absolute Gasteiger partial charge is 0.511 e. The van der Waals surface area contributed by atoms with Crippen molar-refractivity contribution in [1.82, 2.24) is 0 Å². The van der Waals surface area contributed by atoms with Crippen molar-refractivity contribution in [2.24, 2.45) is 0 Å². The fraction of sp³-hybridized carbons (Fsp3) is 0. The van der Waals surface area contributed by atoms with Crippen LogP contribution < -0.4 is 0 Å². The molecule has 0 amide bonds. The maximum Gasteiger partial charge on any atom is 0.525 e. The van der Waals surface area contributed by atoms with Crippen molar-refractivity contribution < 1.29 is 33.9 Å². The normalized spacial score (nSPS) is 12.7. The first kappa shape index (κ1) is 9.96. The van der Waals surface area contributed by atoms with Gasteiger partial charge in [-0.1, -0.05) is 0 Å². The third kappa shape index (κ3) is 4.38. The molecule has 0 saturated heterocycles. The summed E-state index contributed by atoms with van der Waals surface area (Å²) >= 11 is 0. The van der Waals surface area contributed by atoms with Crippen LogP contribution in [-0.4, -0.2) is 26.0 Å². The van der Waals surface area contributed by atoms with E-state index in [1.807, 2.05) is 0 Å². The number of carbonyl (C=O) groups is 1. The fourth-order valence-electron chi connectivity index (χ4n) is 0.246. The first-order chi connectivity index (χ1) is 4.87. The summed E-state index contributed by atoms with van der Waals surface area (Å²) in [6.45, 7) is 0. The highest BCUT2D eigenvalue weighted by atomic mass is 31.2. The molecule has 64 valence electrons. The van der Waals surface area contributed by atoms with Crippen LogP contribution in [0.1, 0.15) is 0 Å². The Bertz CT molecular complexity index is 224. The molecule has 0 aliphatic rings. The quantitative estimate of drug-likeness (QED) is 0.266. The van der Waals surface area contributed by atoms with Gasteiger partial charge in [0.15, 0.2) is 0 Å². The van der Waals surface area contributed by atoms with Gasteiger partial charge in [-0.3, -0.25) is 9.79 Å². The van der Waals surface area contributed by atoms with Gasteiger partial charge in [0, 0.05) is 0 Å². The highest BCUT2D eigenvalue weighted by molar-refractivity contribution is 7.46. The fourth-order valence-corrected chi connectivity index (χ4v) is 0.627. The minimum absolute atomic E-state index is 0.0541. The second kappa shape index (κ2) is 3.38. The van der Waals surface area contributed by atoms with Crippen molar-refractivity contribution in [2.75, 3.05) is 0 Å². The lowest BCUT2D eigenvalue weighted by atomic mass is 10.6. The molecule has 0 bridgehead atoms. The van der Waals surface area contributed by atoms with Gasteiger partial charge in [-0.2, -0.15) is 0 Å². The topological polar surface area (TPSA) is 124 Å². The minimum Gasteiger partial charge on any atom is -0.511 e. The predicted octanol–water partition coefficient (Wildman–Crippen LogP) is -0.420. The average molecular weight is 184 g/mol. The molecule has 11 heavy (non-hydrogen) atoms. The highest BCUT2D eigenvalue weighted by Gasteiger charge is 2.22. The molecule has 0 radical (unpaired) electrons. The van der Waals surface area contributed by atoms with Crippen LogP contribution in [0, 0.1) is 0 Å². The zero-order valence-corrected chi connectivity index (χ0v) is 5.93. The molecule has 4 N–H and O–H groups in total. The van der Waals surface area contributed by atoms with E-state index in [9.17, 15) is 9.36 Å². The summed E-state index contributed by atoms with van der Waals surface area (Å²) in [6.07, 6.45) is -0.0541. The Morgan fingerprint density at radius 1 is 1.45 bits per heavy atom. The first-order valence-electron chi connectivity index (χ1n) is 2.19. The average Bonchev–Trinajstić information content (AvgIpc) is 1.80. The zero-order valence-electron chi connectivity index (χ0n) is 5.04. The lowest BCUT2D eigenvalue weighted by molar-refractivity contribution is -0.135. The SMILES string of the molecule is O=C(O)/C(=C/O)OP(=O)(O)O. The lowest BCUT2D eigenvalue weighted by Gasteiger charge is -2.04. The van der Waals surface area contributed by atoms with E-state index in [0.717, 1.165) is 0 Å². The summed E-state index contributed by atoms with van der Waals surface area (Å²) in [5, 5.41) is 16.1. The number of phosphoric ester groups is 1. The molecule has 0 aromatic rings. The number of phosphoric acid groups is 1. The van der Waals surface area contributed by atoms with E-state index in [-0.39, 0.29) is 6.26 Å². The Hall–Kier alpha value is -1.04. The zero-order chi connectivity index (χ0) is 9.07. The highest BCUT2D eigenvalue weighted by Crippen LogP contribution is 2.38. The molecule has 8 heteroatoms. The summed E-state index contributed by atoms with van der Waals surface area (Å²) in [4.78, 5) is 26.0. The molecule has 0 spiro atoms. The number of aliphatic carboxylic acids is 1. The molecule has 0 aromatic carbocycles. The van der Waals surface area contributed by atoms with E-state index in [1.54, 1.807) is 0 Å². The molecule has 0 atom stereocenters. The molecule has 0 aromatic heterocycles. The first-order valence-corrected chi connectivity index (χ1v) is 3.72. The van der Waals surface area contributed by atoms with E-state index in [0.29, 0.717) is 0 Å². The van der Waals surface area contributed by atoms with Gasteiger partial charge in [0.05, 0.1) is 0 Å². The van der Waals surface area contributed by atoms with E-state index in [1.165, 1.54) is 0 Å². The monoisotopic (exact) mass is 184 g/mol. The van der Waals surface area contributed by atoms with Gasteiger partial charge in [-0.05, 0) is 0 Å². The molecular weight excluding hydrogens is 179 g/mol. The number of rotatable bonds is 3. The maximum absolute atomic E-state index is 9.96. The summed E-state index contributed by atoms with van der Waals surface area (Å²) in [6, 6.07) is 0. The van der Waals surface area contributed by atoms with E-state index in [4.69, 9.17) is 20.0 Å². The molecule has 0 unspecified atom stereocenters. The Labute approximate surface area is 60.8 Å². The Morgan fingerprint density at radius 3 is 2.00 bits per heavy atom. The van der Waals surface area contributed by atoms with E-state index >= 15 is 0 Å². The molecule has 0 fully saturated rings. The molecule has 0 heterocycles. The molecular formula is C3H5O7P. The van der Waals surface area contributed by atoms with Crippen LogP contribution in [0.25, 0.3) is 0 Å². The maximum atomic E-state index is 9.96. The number of carboxylic acid groups (broad SMARTS) is 1. The van der Waals surface area contributed by atoms with Crippen LogP contribution in [0.3, 0.4) is 0 Å². The summed E-state index contributed by atoms with van der Waals surface area (Å²) < 4.78 is 13.5. The third-order valence-electron chi connectivity index (χ3n) is 0.545. The van der Waals surface area contributed by atoms with Crippen LogP contribution in [0.15, 0.2) is 12.0 Å². The number of aliphatic hydroxyl groups is 1. The van der Waals surface area contributed by atoms with E-state index in [2.05, 4.69) is 4.52 Å². The molecule has 0 saturated carbocycles. The van der Waals surface area contributed by atoms with Crippen LogP contribution in [0.2, 0.25) is 0 Å². The minimum atomic E-state index is -4.90. The second-order valence-electron chi connectivity index (χ2n) is 1.38. The number of hydrogen-bond acceptors (Lipinski definition) is 4. The summed E-state index contributed by atoms with van der Waals surface area (Å²) in [5.74, 6) is -2.98. The number of carboxylic acids is 1. The predicted molar refractivity (Wildman–Crippen MR) is 31.5 cm³/mol. The number of hydrogen-bond donors (Lipinski definition) is 4. The van der Waals surface area contributed by atoms with Gasteiger partial charge in [0.1, 0.15) is 6.26 Å². The second-order valence-corrected chi connectivity index (χ2v) is 2.54. The summed E-state index contributed by atoms with van der Waals surface area (Å²) in [7, 11) is -4.90. The third-order valence-corrected chi connectivity index (χ3v) is 0.980. The number of aliphatic hydroxyl groups excluding tert-OH is 1. The van der Waals surface area contributed by atoms with Crippen molar-refractivity contribution in [3.63, 3.8) is 0 Å². The Kier molecular flexibility index (Phi) is 3.06. The van der Waals surface area contributed by atoms with Crippen LogP contribution >= 0.6 is 7.82 Å². The largest absolute Gasteiger partial charge is 0.525 e. The Balaban J connectivity index is 4.37. The van der Waals surface area contributed by atoms with Crippen molar-refractivity contribution >= 4 is 13.8 Å². The van der Waals surface area contributed by atoms with Crippen molar-refractivity contribution in [3.05, 3.63) is 12.0 Å². The van der Waals surface area contributed by atoms with Gasteiger partial charge in [-0.25, -0.2) is 9.36 Å². The molecule has 0 aliphatic heterocycles. The van der Waals surface area contributed by atoms with E-state index < -0.39 is 19.6 Å². The van der Waals surface area contributed by atoms with Gasteiger partial charge in [0.25, 0.3) is 0 Å².